The zero-order valence-electron chi connectivity index (χ0n) is 15.5. The van der Waals surface area contributed by atoms with Gasteiger partial charge in [0.25, 0.3) is 0 Å². The maximum absolute atomic E-state index is 13.9. The molecule has 4 atom stereocenters. The Bertz CT molecular complexity index is 894. The second-order valence-corrected chi connectivity index (χ2v) is 9.83. The van der Waals surface area contributed by atoms with E-state index in [1.807, 2.05) is 12.1 Å². The number of hydrogen-bond acceptors (Lipinski definition) is 4. The molecule has 4 rings (SSSR count). The number of aryl methyl sites for hydroxylation is 1. The third-order valence-electron chi connectivity index (χ3n) is 5.95. The molecular formula is C21H21BrFNO3S. The van der Waals surface area contributed by atoms with Crippen molar-refractivity contribution in [3.63, 3.8) is 0 Å². The van der Waals surface area contributed by atoms with Crippen molar-refractivity contribution in [1.29, 1.82) is 0 Å². The van der Waals surface area contributed by atoms with Crippen LogP contribution in [0, 0.1) is 17.7 Å². The number of fused-ring (bicyclic) bond motifs is 3. The molecule has 1 heterocycles. The number of carbonyl (C=O) groups is 1. The zero-order valence-corrected chi connectivity index (χ0v) is 17.9. The molecule has 0 saturated heterocycles. The highest BCUT2D eigenvalue weighted by molar-refractivity contribution is 9.10. The predicted octanol–water partition coefficient (Wildman–Crippen LogP) is 4.52. The maximum Gasteiger partial charge on any atom is 0.309 e. The highest BCUT2D eigenvalue weighted by atomic mass is 79.9. The van der Waals surface area contributed by atoms with Crippen molar-refractivity contribution in [2.24, 2.45) is 11.8 Å². The van der Waals surface area contributed by atoms with Crippen LogP contribution < -0.4 is 0 Å². The fourth-order valence-electron chi connectivity index (χ4n) is 4.82. The van der Waals surface area contributed by atoms with Gasteiger partial charge in [0.2, 0.25) is 0 Å². The van der Waals surface area contributed by atoms with Gasteiger partial charge < -0.3 is 9.29 Å². The molecule has 0 bridgehead atoms. The minimum Gasteiger partial charge on any atom is -0.611 e. The van der Waals surface area contributed by atoms with E-state index in [1.54, 1.807) is 19.1 Å². The predicted molar refractivity (Wildman–Crippen MR) is 108 cm³/mol. The van der Waals surface area contributed by atoms with Crippen molar-refractivity contribution >= 4 is 33.1 Å². The molecule has 2 aromatic rings. The molecule has 1 saturated carbocycles. The summed E-state index contributed by atoms with van der Waals surface area (Å²) in [6, 6.07) is 9.67. The third-order valence-corrected chi connectivity index (χ3v) is 8.48. The largest absolute Gasteiger partial charge is 0.611 e. The number of nitrogens with zero attached hydrogens (tertiary/aromatic N) is 1. The summed E-state index contributed by atoms with van der Waals surface area (Å²) in [6.45, 7) is 2.13. The number of halogens is 2. The number of rotatable bonds is 4. The van der Waals surface area contributed by atoms with Crippen LogP contribution in [0.25, 0.3) is 0 Å². The number of pyridine rings is 1. The Morgan fingerprint density at radius 1 is 1.32 bits per heavy atom. The lowest BCUT2D eigenvalue weighted by molar-refractivity contribution is -0.149. The second-order valence-electron chi connectivity index (χ2n) is 7.28. The van der Waals surface area contributed by atoms with Crippen molar-refractivity contribution in [2.75, 3.05) is 6.61 Å². The van der Waals surface area contributed by atoms with Crippen molar-refractivity contribution in [3.8, 4) is 0 Å². The molecule has 7 heteroatoms. The first-order valence-corrected chi connectivity index (χ1v) is 11.4. The van der Waals surface area contributed by atoms with Crippen LogP contribution in [0.3, 0.4) is 0 Å². The van der Waals surface area contributed by atoms with Gasteiger partial charge in [-0.1, -0.05) is 0 Å². The summed E-state index contributed by atoms with van der Waals surface area (Å²) in [5.41, 5.74) is 1.87. The molecule has 1 aromatic heterocycles. The first kappa shape index (κ1) is 19.9. The molecule has 0 N–H and O–H groups in total. The van der Waals surface area contributed by atoms with Crippen molar-refractivity contribution in [2.45, 2.75) is 42.2 Å². The first-order chi connectivity index (χ1) is 13.5. The van der Waals surface area contributed by atoms with E-state index in [4.69, 9.17) is 4.74 Å². The minimum atomic E-state index is -1.44. The molecule has 2 aliphatic rings. The Balaban J connectivity index is 1.83. The summed E-state index contributed by atoms with van der Waals surface area (Å²) < 4.78 is 32.7. The van der Waals surface area contributed by atoms with Gasteiger partial charge in [-0.15, -0.1) is 0 Å². The number of hydrogen-bond donors (Lipinski definition) is 0. The van der Waals surface area contributed by atoms with Gasteiger partial charge in [-0.2, -0.15) is 0 Å². The Hall–Kier alpha value is -1.44. The smallest absolute Gasteiger partial charge is 0.309 e. The van der Waals surface area contributed by atoms with Gasteiger partial charge in [-0.05, 0) is 89.7 Å². The Morgan fingerprint density at radius 3 is 2.79 bits per heavy atom. The van der Waals surface area contributed by atoms with Crippen LogP contribution in [0.5, 0.6) is 0 Å². The van der Waals surface area contributed by atoms with Crippen LogP contribution >= 0.6 is 15.9 Å². The highest BCUT2D eigenvalue weighted by Gasteiger charge is 2.62. The Morgan fingerprint density at radius 2 is 2.07 bits per heavy atom. The molecule has 0 aliphatic heterocycles. The van der Waals surface area contributed by atoms with E-state index < -0.39 is 15.9 Å². The molecule has 148 valence electrons. The molecule has 1 aromatic carbocycles. The summed E-state index contributed by atoms with van der Waals surface area (Å²) >= 11 is 1.98. The molecule has 0 radical (unpaired) electrons. The van der Waals surface area contributed by atoms with Crippen LogP contribution in [-0.2, 0) is 31.9 Å². The van der Waals surface area contributed by atoms with E-state index >= 15 is 0 Å². The average Bonchev–Trinajstić information content (AvgIpc) is 3.09. The minimum absolute atomic E-state index is 0.0899. The Labute approximate surface area is 175 Å². The quantitative estimate of drug-likeness (QED) is 0.378. The number of benzene rings is 1. The van der Waals surface area contributed by atoms with Gasteiger partial charge in [-0.3, -0.25) is 4.79 Å². The van der Waals surface area contributed by atoms with Gasteiger partial charge in [0.15, 0.2) is 9.64 Å². The van der Waals surface area contributed by atoms with Crippen molar-refractivity contribution in [3.05, 3.63) is 58.1 Å². The standard InChI is InChI=1S/C21H21BrFNO3S/c1-2-27-20(25)15-11-12-21(28(26)14-5-3-13(23)4-6-14)16(15)7-9-18-17(21)8-10-19(22)24-18/h3-6,8,10,15-16H,2,7,9,11-12H2,1H3. The number of ether oxygens (including phenoxy) is 1. The van der Waals surface area contributed by atoms with E-state index in [-0.39, 0.29) is 23.6 Å². The molecule has 0 spiro atoms. The maximum atomic E-state index is 13.9. The van der Waals surface area contributed by atoms with Crippen LogP contribution in [0.1, 0.15) is 37.4 Å². The van der Waals surface area contributed by atoms with E-state index in [2.05, 4.69) is 20.9 Å². The average molecular weight is 466 g/mol. The van der Waals surface area contributed by atoms with Gasteiger partial charge in [0.05, 0.1) is 18.2 Å². The molecular weight excluding hydrogens is 445 g/mol. The number of esters is 1. The molecule has 2 aliphatic carbocycles. The lowest BCUT2D eigenvalue weighted by Crippen LogP contribution is -2.46. The fourth-order valence-corrected chi connectivity index (χ4v) is 7.22. The third kappa shape index (κ3) is 3.17. The van der Waals surface area contributed by atoms with Crippen LogP contribution in [-0.4, -0.2) is 22.1 Å². The molecule has 28 heavy (non-hydrogen) atoms. The van der Waals surface area contributed by atoms with E-state index in [0.29, 0.717) is 24.3 Å². The number of aromatic nitrogens is 1. The summed E-state index contributed by atoms with van der Waals surface area (Å²) in [6.07, 6.45) is 2.71. The van der Waals surface area contributed by atoms with Gasteiger partial charge in [0, 0.05) is 17.9 Å². The van der Waals surface area contributed by atoms with Crippen LogP contribution in [0.2, 0.25) is 0 Å². The summed E-state index contributed by atoms with van der Waals surface area (Å²) in [7, 11) is 0. The topological polar surface area (TPSA) is 62.2 Å². The summed E-state index contributed by atoms with van der Waals surface area (Å²) in [4.78, 5) is 17.8. The lowest BCUT2D eigenvalue weighted by Gasteiger charge is -2.42. The van der Waals surface area contributed by atoms with Crippen molar-refractivity contribution in [1.82, 2.24) is 4.98 Å². The van der Waals surface area contributed by atoms with Gasteiger partial charge >= 0.3 is 5.97 Å². The van der Waals surface area contributed by atoms with Gasteiger partial charge in [-0.25, -0.2) is 9.37 Å². The van der Waals surface area contributed by atoms with Crippen LogP contribution in [0.4, 0.5) is 4.39 Å². The lowest BCUT2D eigenvalue weighted by atomic mass is 9.75. The second kappa shape index (κ2) is 7.76. The van der Waals surface area contributed by atoms with Crippen molar-refractivity contribution < 1.29 is 18.5 Å². The fraction of sp³-hybridized carbons (Fsp3) is 0.429. The SMILES string of the molecule is CCOC(=O)C1CCC2([S+]([O-])c3ccc(F)cc3)c3ccc(Br)nc3CCC12. The molecule has 0 amide bonds. The van der Waals surface area contributed by atoms with E-state index in [1.165, 1.54) is 12.1 Å². The number of carbonyl (C=O) groups excluding carboxylic acids is 1. The van der Waals surface area contributed by atoms with E-state index in [0.717, 1.165) is 28.7 Å². The summed E-state index contributed by atoms with van der Waals surface area (Å²) in [5.74, 6) is -0.937. The molecule has 4 nitrogen and oxygen atoms in total. The first-order valence-electron chi connectivity index (χ1n) is 9.47. The van der Waals surface area contributed by atoms with Gasteiger partial charge in [0.1, 0.15) is 10.4 Å². The molecule has 1 fully saturated rings. The molecule has 4 unspecified atom stereocenters. The monoisotopic (exact) mass is 465 g/mol. The van der Waals surface area contributed by atoms with E-state index in [9.17, 15) is 13.7 Å². The zero-order chi connectivity index (χ0) is 19.9. The highest BCUT2D eigenvalue weighted by Crippen LogP contribution is 2.59. The normalized spacial score (nSPS) is 27.0. The Kier molecular flexibility index (Phi) is 5.51. The summed E-state index contributed by atoms with van der Waals surface area (Å²) in [5, 5.41) is 0. The van der Waals surface area contributed by atoms with Crippen LogP contribution in [0.15, 0.2) is 45.9 Å².